The first-order chi connectivity index (χ1) is 15.5. The molecule has 3 N–H and O–H groups in total. The van der Waals surface area contributed by atoms with Crippen molar-refractivity contribution in [2.75, 3.05) is 6.61 Å². The minimum Gasteiger partial charge on any atom is -0.507 e. The maximum absolute atomic E-state index is 11.3. The standard InChI is InChI=1S/C25H24O6S/c26-19-6-8-30-24(11-19)17-3-1-2-16(10-17)14-31-20-4-5-21(23(27)12-20)22(13-25(28)29)18-7-9-32-15-18/h1-5,7,9-10,12-13,15,19,24,26-27H,6,8,11,14H2,(H,28,29)/b22-13+. The van der Waals surface area contributed by atoms with Crippen LogP contribution in [0.2, 0.25) is 0 Å². The Kier molecular flexibility index (Phi) is 6.90. The molecule has 2 heterocycles. The van der Waals surface area contributed by atoms with Crippen molar-refractivity contribution in [3.63, 3.8) is 0 Å². The van der Waals surface area contributed by atoms with Crippen molar-refractivity contribution < 1.29 is 29.6 Å². The van der Waals surface area contributed by atoms with E-state index in [9.17, 15) is 20.1 Å². The van der Waals surface area contributed by atoms with Crippen LogP contribution in [-0.2, 0) is 16.1 Å². The van der Waals surface area contributed by atoms with Crippen molar-refractivity contribution in [2.45, 2.75) is 31.7 Å². The molecule has 0 spiro atoms. The number of hydrogen-bond donors (Lipinski definition) is 3. The van der Waals surface area contributed by atoms with E-state index in [1.807, 2.05) is 41.1 Å². The summed E-state index contributed by atoms with van der Waals surface area (Å²) in [5.74, 6) is -0.666. The number of carboxylic acid groups (broad SMARTS) is 1. The lowest BCUT2D eigenvalue weighted by molar-refractivity contribution is -0.131. The second-order valence-electron chi connectivity index (χ2n) is 7.66. The zero-order valence-electron chi connectivity index (χ0n) is 17.3. The largest absolute Gasteiger partial charge is 0.507 e. The SMILES string of the molecule is O=C(O)/C=C(\c1ccsc1)c1ccc(OCc2cccc(C3CC(O)CCO3)c2)cc1O. The second-order valence-corrected chi connectivity index (χ2v) is 8.44. The fraction of sp³-hybridized carbons (Fsp3) is 0.240. The predicted molar refractivity (Wildman–Crippen MR) is 122 cm³/mol. The summed E-state index contributed by atoms with van der Waals surface area (Å²) < 4.78 is 11.6. The fourth-order valence-corrected chi connectivity index (χ4v) is 4.40. The Bertz CT molecular complexity index is 1110. The first-order valence-corrected chi connectivity index (χ1v) is 11.3. The van der Waals surface area contributed by atoms with Crippen molar-refractivity contribution in [2.24, 2.45) is 0 Å². The van der Waals surface area contributed by atoms with Gasteiger partial charge in [-0.15, -0.1) is 0 Å². The van der Waals surface area contributed by atoms with Crippen LogP contribution in [0.5, 0.6) is 11.5 Å². The van der Waals surface area contributed by atoms with Crippen LogP contribution in [0.25, 0.3) is 5.57 Å². The molecule has 166 valence electrons. The molecule has 1 aliphatic rings. The molecule has 7 heteroatoms. The van der Waals surface area contributed by atoms with Crippen LogP contribution in [0.4, 0.5) is 0 Å². The van der Waals surface area contributed by atoms with Crippen LogP contribution in [0.1, 0.15) is 41.2 Å². The summed E-state index contributed by atoms with van der Waals surface area (Å²) in [7, 11) is 0. The van der Waals surface area contributed by atoms with Gasteiger partial charge in [0, 0.05) is 36.3 Å². The number of phenols is 1. The van der Waals surface area contributed by atoms with Gasteiger partial charge in [-0.1, -0.05) is 18.2 Å². The average Bonchev–Trinajstić information content (AvgIpc) is 3.31. The van der Waals surface area contributed by atoms with Gasteiger partial charge in [0.2, 0.25) is 0 Å². The Hall–Kier alpha value is -3.13. The third-order valence-electron chi connectivity index (χ3n) is 5.34. The topological polar surface area (TPSA) is 96.2 Å². The number of ether oxygens (including phenoxy) is 2. The van der Waals surface area contributed by atoms with Crippen LogP contribution in [0.3, 0.4) is 0 Å². The number of hydrogen-bond acceptors (Lipinski definition) is 6. The van der Waals surface area contributed by atoms with E-state index in [0.717, 1.165) is 22.8 Å². The van der Waals surface area contributed by atoms with E-state index in [4.69, 9.17) is 9.47 Å². The summed E-state index contributed by atoms with van der Waals surface area (Å²) in [5, 5.41) is 33.4. The number of rotatable bonds is 7. The van der Waals surface area contributed by atoms with E-state index in [0.29, 0.717) is 42.9 Å². The fourth-order valence-electron chi connectivity index (χ4n) is 3.75. The van der Waals surface area contributed by atoms with Crippen LogP contribution in [0, 0.1) is 0 Å². The molecule has 1 aliphatic heterocycles. The average molecular weight is 453 g/mol. The van der Waals surface area contributed by atoms with Crippen molar-refractivity contribution in [3.8, 4) is 11.5 Å². The van der Waals surface area contributed by atoms with E-state index in [-0.39, 0.29) is 18.0 Å². The third-order valence-corrected chi connectivity index (χ3v) is 6.03. The highest BCUT2D eigenvalue weighted by Gasteiger charge is 2.22. The summed E-state index contributed by atoms with van der Waals surface area (Å²) in [6, 6.07) is 14.5. The summed E-state index contributed by atoms with van der Waals surface area (Å²) in [6.07, 6.45) is 1.86. The number of aliphatic hydroxyl groups is 1. The highest BCUT2D eigenvalue weighted by atomic mass is 32.1. The molecule has 2 aromatic carbocycles. The molecule has 0 aliphatic carbocycles. The maximum atomic E-state index is 11.3. The van der Waals surface area contributed by atoms with E-state index >= 15 is 0 Å². The number of benzene rings is 2. The van der Waals surface area contributed by atoms with Crippen molar-refractivity contribution >= 4 is 22.9 Å². The summed E-state index contributed by atoms with van der Waals surface area (Å²) in [5.41, 5.74) is 3.54. The lowest BCUT2D eigenvalue weighted by atomic mass is 9.98. The van der Waals surface area contributed by atoms with Gasteiger partial charge in [-0.05, 0) is 58.1 Å². The van der Waals surface area contributed by atoms with Gasteiger partial charge in [-0.25, -0.2) is 4.79 Å². The molecular formula is C25H24O6S. The molecule has 1 saturated heterocycles. The lowest BCUT2D eigenvalue weighted by Crippen LogP contribution is -2.23. The van der Waals surface area contributed by atoms with Gasteiger partial charge in [-0.3, -0.25) is 0 Å². The van der Waals surface area contributed by atoms with Gasteiger partial charge in [-0.2, -0.15) is 11.3 Å². The Morgan fingerprint density at radius 3 is 2.81 bits per heavy atom. The number of aliphatic carboxylic acids is 1. The van der Waals surface area contributed by atoms with Crippen molar-refractivity contribution in [1.82, 2.24) is 0 Å². The van der Waals surface area contributed by atoms with E-state index in [2.05, 4.69) is 0 Å². The quantitative estimate of drug-likeness (QED) is 0.447. The smallest absolute Gasteiger partial charge is 0.328 e. The highest BCUT2D eigenvalue weighted by Crippen LogP contribution is 2.34. The summed E-state index contributed by atoms with van der Waals surface area (Å²) >= 11 is 1.45. The second kappa shape index (κ2) is 9.99. The molecule has 0 bridgehead atoms. The molecule has 1 aromatic heterocycles. The van der Waals surface area contributed by atoms with Crippen molar-refractivity contribution in [3.05, 3.63) is 87.6 Å². The van der Waals surface area contributed by atoms with Crippen LogP contribution < -0.4 is 4.74 Å². The van der Waals surface area contributed by atoms with E-state index in [1.165, 1.54) is 17.4 Å². The number of aromatic hydroxyl groups is 1. The van der Waals surface area contributed by atoms with Gasteiger partial charge in [0.15, 0.2) is 0 Å². The minimum atomic E-state index is -1.08. The zero-order chi connectivity index (χ0) is 22.5. The number of carbonyl (C=O) groups is 1. The van der Waals surface area contributed by atoms with Gasteiger partial charge < -0.3 is 24.8 Å². The first-order valence-electron chi connectivity index (χ1n) is 10.3. The minimum absolute atomic E-state index is 0.0560. The molecule has 0 amide bonds. The molecule has 3 aromatic rings. The van der Waals surface area contributed by atoms with Gasteiger partial charge in [0.05, 0.1) is 12.2 Å². The Labute approximate surface area is 190 Å². The first kappa shape index (κ1) is 22.1. The molecule has 0 saturated carbocycles. The molecule has 6 nitrogen and oxygen atoms in total. The molecule has 0 radical (unpaired) electrons. The summed E-state index contributed by atoms with van der Waals surface area (Å²) in [6.45, 7) is 0.839. The Morgan fingerprint density at radius 2 is 2.09 bits per heavy atom. The predicted octanol–water partition coefficient (Wildman–Crippen LogP) is 4.76. The molecule has 32 heavy (non-hydrogen) atoms. The Morgan fingerprint density at radius 1 is 1.22 bits per heavy atom. The van der Waals surface area contributed by atoms with E-state index in [1.54, 1.807) is 12.1 Å². The summed E-state index contributed by atoms with van der Waals surface area (Å²) in [4.78, 5) is 11.3. The highest BCUT2D eigenvalue weighted by molar-refractivity contribution is 7.08. The number of aliphatic hydroxyl groups excluding tert-OH is 1. The monoisotopic (exact) mass is 452 g/mol. The van der Waals surface area contributed by atoms with Gasteiger partial charge in [0.25, 0.3) is 0 Å². The maximum Gasteiger partial charge on any atom is 0.328 e. The third kappa shape index (κ3) is 5.37. The van der Waals surface area contributed by atoms with Crippen LogP contribution in [-0.4, -0.2) is 34.0 Å². The van der Waals surface area contributed by atoms with Gasteiger partial charge in [0.1, 0.15) is 18.1 Å². The molecular weight excluding hydrogens is 428 g/mol. The normalized spacial score (nSPS) is 19.0. The van der Waals surface area contributed by atoms with Crippen molar-refractivity contribution in [1.29, 1.82) is 0 Å². The molecule has 4 rings (SSSR count). The lowest BCUT2D eigenvalue weighted by Gasteiger charge is -2.27. The Balaban J connectivity index is 1.48. The van der Waals surface area contributed by atoms with Crippen LogP contribution >= 0.6 is 11.3 Å². The number of thiophene rings is 1. The number of phenolic OH excluding ortho intramolecular Hbond substituents is 1. The van der Waals surface area contributed by atoms with Gasteiger partial charge >= 0.3 is 5.97 Å². The molecule has 2 unspecified atom stereocenters. The van der Waals surface area contributed by atoms with E-state index < -0.39 is 5.97 Å². The zero-order valence-corrected chi connectivity index (χ0v) is 18.1. The van der Waals surface area contributed by atoms with Crippen LogP contribution in [0.15, 0.2) is 65.4 Å². The molecule has 2 atom stereocenters. The number of carboxylic acids is 1. The molecule has 1 fully saturated rings.